The highest BCUT2D eigenvalue weighted by atomic mass is 35.5. The number of anilines is 1. The first kappa shape index (κ1) is 11.6. The highest BCUT2D eigenvalue weighted by molar-refractivity contribution is 6.33. The Bertz CT molecular complexity index is 547. The van der Waals surface area contributed by atoms with E-state index in [4.69, 9.17) is 22.1 Å². The van der Waals surface area contributed by atoms with E-state index in [9.17, 15) is 5.11 Å². The second-order valence-electron chi connectivity index (χ2n) is 3.58. The molecule has 2 aromatic rings. The Morgan fingerprint density at radius 1 is 1.41 bits per heavy atom. The molecule has 0 aliphatic heterocycles. The van der Waals surface area contributed by atoms with Gasteiger partial charge in [0.1, 0.15) is 5.82 Å². The van der Waals surface area contributed by atoms with Crippen molar-refractivity contribution in [2.24, 2.45) is 7.05 Å². The minimum atomic E-state index is 0.0103. The second kappa shape index (κ2) is 4.18. The molecule has 0 aliphatic carbocycles. The van der Waals surface area contributed by atoms with Gasteiger partial charge in [-0.25, -0.2) is 0 Å². The van der Waals surface area contributed by atoms with E-state index in [1.54, 1.807) is 13.1 Å². The van der Waals surface area contributed by atoms with E-state index in [0.717, 1.165) is 0 Å². The molecular weight excluding hydrogens is 242 g/mol. The molecule has 0 aliphatic rings. The lowest BCUT2D eigenvalue weighted by molar-refractivity contribution is 0.373. The fourth-order valence-corrected chi connectivity index (χ4v) is 1.77. The van der Waals surface area contributed by atoms with Crippen molar-refractivity contribution in [2.45, 2.75) is 0 Å². The van der Waals surface area contributed by atoms with Crippen molar-refractivity contribution in [1.29, 1.82) is 0 Å². The molecule has 17 heavy (non-hydrogen) atoms. The molecule has 1 aromatic carbocycles. The number of benzene rings is 1. The average Bonchev–Trinajstić information content (AvgIpc) is 2.61. The van der Waals surface area contributed by atoms with Crippen LogP contribution < -0.4 is 10.5 Å². The van der Waals surface area contributed by atoms with E-state index in [-0.39, 0.29) is 5.75 Å². The van der Waals surface area contributed by atoms with Crippen LogP contribution in [0.3, 0.4) is 0 Å². The van der Waals surface area contributed by atoms with Gasteiger partial charge in [-0.2, -0.15) is 5.10 Å². The molecule has 0 radical (unpaired) electrons. The molecule has 0 atom stereocenters. The molecule has 0 amide bonds. The number of rotatable bonds is 2. The summed E-state index contributed by atoms with van der Waals surface area (Å²) in [4.78, 5) is 0. The number of aromatic hydroxyl groups is 1. The molecule has 0 unspecified atom stereocenters. The lowest BCUT2D eigenvalue weighted by Gasteiger charge is -2.06. The average molecular weight is 254 g/mol. The van der Waals surface area contributed by atoms with E-state index < -0.39 is 0 Å². The van der Waals surface area contributed by atoms with Crippen LogP contribution >= 0.6 is 11.6 Å². The van der Waals surface area contributed by atoms with E-state index in [0.29, 0.717) is 27.8 Å². The third-order valence-corrected chi connectivity index (χ3v) is 2.77. The summed E-state index contributed by atoms with van der Waals surface area (Å²) < 4.78 is 6.50. The van der Waals surface area contributed by atoms with Gasteiger partial charge in [0.25, 0.3) is 0 Å². The SMILES string of the molecule is COc1cc(Cl)c(-c2cc(N)n(C)n2)cc1O. The predicted octanol–water partition coefficient (Wildman–Crippen LogP) is 2.04. The number of nitrogens with zero attached hydrogens (tertiary/aromatic N) is 2. The molecule has 0 fully saturated rings. The normalized spacial score (nSPS) is 10.5. The summed E-state index contributed by atoms with van der Waals surface area (Å²) in [6.45, 7) is 0. The number of ether oxygens (including phenoxy) is 1. The van der Waals surface area contributed by atoms with Gasteiger partial charge in [0.05, 0.1) is 17.8 Å². The van der Waals surface area contributed by atoms with Gasteiger partial charge in [-0.1, -0.05) is 11.6 Å². The van der Waals surface area contributed by atoms with Crippen LogP contribution in [0.15, 0.2) is 18.2 Å². The highest BCUT2D eigenvalue weighted by Crippen LogP contribution is 2.37. The molecule has 90 valence electrons. The number of phenolic OH excluding ortho intramolecular Hbond substituents is 1. The van der Waals surface area contributed by atoms with Crippen molar-refractivity contribution in [2.75, 3.05) is 12.8 Å². The molecule has 1 aromatic heterocycles. The van der Waals surface area contributed by atoms with E-state index in [2.05, 4.69) is 5.10 Å². The molecule has 0 spiro atoms. The van der Waals surface area contributed by atoms with Crippen molar-refractivity contribution in [3.8, 4) is 22.8 Å². The number of phenols is 1. The lowest BCUT2D eigenvalue weighted by atomic mass is 10.1. The summed E-state index contributed by atoms with van der Waals surface area (Å²) in [5, 5.41) is 14.3. The summed E-state index contributed by atoms with van der Waals surface area (Å²) in [6.07, 6.45) is 0. The molecule has 1 heterocycles. The van der Waals surface area contributed by atoms with Crippen LogP contribution in [0.4, 0.5) is 5.82 Å². The Morgan fingerprint density at radius 2 is 2.12 bits per heavy atom. The molecule has 3 N–H and O–H groups in total. The quantitative estimate of drug-likeness (QED) is 0.859. The Morgan fingerprint density at radius 3 is 2.65 bits per heavy atom. The molecule has 6 heteroatoms. The van der Waals surface area contributed by atoms with Gasteiger partial charge >= 0.3 is 0 Å². The Balaban J connectivity index is 2.56. The third-order valence-electron chi connectivity index (χ3n) is 2.46. The second-order valence-corrected chi connectivity index (χ2v) is 3.99. The first-order valence-electron chi connectivity index (χ1n) is 4.89. The van der Waals surface area contributed by atoms with Crippen LogP contribution in [0, 0.1) is 0 Å². The summed E-state index contributed by atoms with van der Waals surface area (Å²) >= 11 is 6.10. The standard InChI is InChI=1S/C11H12ClN3O2/c1-15-11(13)5-8(14-15)6-3-9(16)10(17-2)4-7(6)12/h3-5,16H,13H2,1-2H3. The Kier molecular flexibility index (Phi) is 2.85. The van der Waals surface area contributed by atoms with Crippen molar-refractivity contribution < 1.29 is 9.84 Å². The monoisotopic (exact) mass is 253 g/mol. The predicted molar refractivity (Wildman–Crippen MR) is 66.3 cm³/mol. The van der Waals surface area contributed by atoms with Gasteiger partial charge in [-0.15, -0.1) is 0 Å². The first-order chi connectivity index (χ1) is 8.02. The highest BCUT2D eigenvalue weighted by Gasteiger charge is 2.13. The summed E-state index contributed by atoms with van der Waals surface area (Å²) in [5.74, 6) is 0.852. The number of nitrogen functional groups attached to an aromatic ring is 1. The number of hydrogen-bond acceptors (Lipinski definition) is 4. The van der Waals surface area contributed by atoms with Gasteiger partial charge in [0, 0.05) is 24.7 Å². The molecule has 2 rings (SSSR count). The van der Waals surface area contributed by atoms with E-state index >= 15 is 0 Å². The van der Waals surface area contributed by atoms with Crippen molar-refractivity contribution in [3.63, 3.8) is 0 Å². The molecular formula is C11H12ClN3O2. The van der Waals surface area contributed by atoms with Crippen LogP contribution in [0.1, 0.15) is 0 Å². The topological polar surface area (TPSA) is 73.3 Å². The van der Waals surface area contributed by atoms with Crippen molar-refractivity contribution in [3.05, 3.63) is 23.2 Å². The van der Waals surface area contributed by atoms with E-state index in [1.807, 2.05) is 0 Å². The Labute approximate surface area is 103 Å². The minimum Gasteiger partial charge on any atom is -0.504 e. The van der Waals surface area contributed by atoms with Crippen LogP contribution in [0.5, 0.6) is 11.5 Å². The van der Waals surface area contributed by atoms with Crippen LogP contribution in [0.25, 0.3) is 11.3 Å². The molecule has 0 saturated heterocycles. The summed E-state index contributed by atoms with van der Waals surface area (Å²) in [6, 6.07) is 4.73. The summed E-state index contributed by atoms with van der Waals surface area (Å²) in [5.41, 5.74) is 6.91. The maximum absolute atomic E-state index is 9.70. The first-order valence-corrected chi connectivity index (χ1v) is 5.27. The zero-order valence-electron chi connectivity index (χ0n) is 9.44. The van der Waals surface area contributed by atoms with Gasteiger partial charge in [0.2, 0.25) is 0 Å². The van der Waals surface area contributed by atoms with Crippen LogP contribution in [0.2, 0.25) is 5.02 Å². The van der Waals surface area contributed by atoms with E-state index in [1.165, 1.54) is 23.9 Å². The lowest BCUT2D eigenvalue weighted by Crippen LogP contribution is -1.96. The zero-order valence-corrected chi connectivity index (χ0v) is 10.2. The van der Waals surface area contributed by atoms with Gasteiger partial charge in [-0.05, 0) is 6.07 Å². The number of nitrogens with two attached hydrogens (primary N) is 1. The molecule has 0 bridgehead atoms. The number of methoxy groups -OCH3 is 1. The molecule has 5 nitrogen and oxygen atoms in total. The maximum Gasteiger partial charge on any atom is 0.162 e. The van der Waals surface area contributed by atoms with Gasteiger partial charge in [-0.3, -0.25) is 4.68 Å². The third kappa shape index (κ3) is 2.01. The zero-order chi connectivity index (χ0) is 12.6. The fraction of sp³-hybridized carbons (Fsp3) is 0.182. The van der Waals surface area contributed by atoms with Gasteiger partial charge < -0.3 is 15.6 Å². The minimum absolute atomic E-state index is 0.0103. The Hall–Kier alpha value is -1.88. The molecule has 0 saturated carbocycles. The largest absolute Gasteiger partial charge is 0.504 e. The van der Waals surface area contributed by atoms with Crippen molar-refractivity contribution in [1.82, 2.24) is 9.78 Å². The smallest absolute Gasteiger partial charge is 0.162 e. The fourth-order valence-electron chi connectivity index (χ4n) is 1.52. The summed E-state index contributed by atoms with van der Waals surface area (Å²) in [7, 11) is 3.19. The number of aryl methyl sites for hydroxylation is 1. The van der Waals surface area contributed by atoms with Crippen molar-refractivity contribution >= 4 is 17.4 Å². The van der Waals surface area contributed by atoms with Gasteiger partial charge in [0.15, 0.2) is 11.5 Å². The number of halogens is 1. The number of aromatic nitrogens is 2. The maximum atomic E-state index is 9.70. The van der Waals surface area contributed by atoms with Crippen LogP contribution in [-0.4, -0.2) is 22.0 Å². The number of hydrogen-bond donors (Lipinski definition) is 2. The van der Waals surface area contributed by atoms with Crippen LogP contribution in [-0.2, 0) is 7.05 Å².